The van der Waals surface area contributed by atoms with Gasteiger partial charge in [-0.15, -0.1) is 0 Å². The van der Waals surface area contributed by atoms with Gasteiger partial charge in [0.2, 0.25) is 0 Å². The quantitative estimate of drug-likeness (QED) is 0.572. The second-order valence-corrected chi connectivity index (χ2v) is 7.38. The molecule has 1 aliphatic rings. The first kappa shape index (κ1) is 22.7. The average Bonchev–Trinajstić information content (AvgIpc) is 2.75. The molecule has 1 aliphatic heterocycles. The van der Waals surface area contributed by atoms with E-state index in [0.29, 0.717) is 11.1 Å². The topological polar surface area (TPSA) is 116 Å². The predicted molar refractivity (Wildman–Crippen MR) is 113 cm³/mol. The van der Waals surface area contributed by atoms with E-state index >= 15 is 0 Å². The maximum absolute atomic E-state index is 14.0. The average molecular weight is 439 g/mol. The Balaban J connectivity index is 1.76. The van der Waals surface area contributed by atoms with E-state index in [9.17, 15) is 28.7 Å². The molecule has 0 radical (unpaired) electrons. The third-order valence-corrected chi connectivity index (χ3v) is 5.01. The number of nitrogens with one attached hydrogen (secondary N) is 2. The summed E-state index contributed by atoms with van der Waals surface area (Å²) >= 11 is 0. The smallest absolute Gasteiger partial charge is 0.316 e. The van der Waals surface area contributed by atoms with E-state index in [1.54, 1.807) is 42.5 Å². The van der Waals surface area contributed by atoms with Crippen molar-refractivity contribution < 1.29 is 28.7 Å². The van der Waals surface area contributed by atoms with Crippen LogP contribution in [0.1, 0.15) is 29.2 Å². The predicted octanol–water partition coefficient (Wildman–Crippen LogP) is 2.15. The highest BCUT2D eigenvalue weighted by molar-refractivity contribution is 6.14. The van der Waals surface area contributed by atoms with Crippen molar-refractivity contribution >= 4 is 23.7 Å². The van der Waals surface area contributed by atoms with Crippen LogP contribution in [0.25, 0.3) is 0 Å². The molecule has 3 rings (SSSR count). The number of nitrogens with zero attached hydrogens (tertiary/aromatic N) is 1. The standard InChI is InChI=1S/C23H22FN3O5/c1-27-10-9-19(28)21(22(27)31)26-23(32)25-18(13-20(29)30)16-7-4-5-14(12-16)11-15-6-2-3-8-17(15)24/h2-10,12,18,21H,11,13H2,1H3,(H,29,30)(H2,25,26,32)/t18-,21?/m0/s1. The first-order valence-corrected chi connectivity index (χ1v) is 9.84. The Labute approximate surface area is 183 Å². The van der Waals surface area contributed by atoms with Gasteiger partial charge < -0.3 is 20.6 Å². The van der Waals surface area contributed by atoms with Gasteiger partial charge in [-0.2, -0.15) is 0 Å². The fourth-order valence-corrected chi connectivity index (χ4v) is 3.35. The molecule has 32 heavy (non-hydrogen) atoms. The van der Waals surface area contributed by atoms with E-state index < -0.39 is 42.2 Å². The number of benzene rings is 2. The lowest BCUT2D eigenvalue weighted by molar-refractivity contribution is -0.138. The number of ketones is 1. The fourth-order valence-electron chi connectivity index (χ4n) is 3.35. The zero-order chi connectivity index (χ0) is 23.3. The van der Waals surface area contributed by atoms with Crippen LogP contribution in [0.5, 0.6) is 0 Å². The molecular formula is C23H22FN3O5. The molecule has 2 aromatic carbocycles. The number of carbonyl (C=O) groups is 4. The van der Waals surface area contributed by atoms with Crippen molar-refractivity contribution in [3.63, 3.8) is 0 Å². The SMILES string of the molecule is CN1C=CC(=O)C(NC(=O)N[C@@H](CC(=O)O)c2cccc(Cc3ccccc3F)c2)C1=O. The van der Waals surface area contributed by atoms with Crippen LogP contribution in [0.2, 0.25) is 0 Å². The monoisotopic (exact) mass is 439 g/mol. The van der Waals surface area contributed by atoms with E-state index in [1.807, 2.05) is 0 Å². The largest absolute Gasteiger partial charge is 0.481 e. The number of aliphatic carboxylic acids is 1. The molecule has 3 amide bonds. The zero-order valence-corrected chi connectivity index (χ0v) is 17.2. The first-order valence-electron chi connectivity index (χ1n) is 9.84. The van der Waals surface area contributed by atoms with Crippen molar-refractivity contribution in [2.24, 2.45) is 0 Å². The van der Waals surface area contributed by atoms with Gasteiger partial charge in [-0.05, 0) is 22.8 Å². The Kier molecular flexibility index (Phi) is 6.99. The number of urea groups is 1. The molecule has 0 fully saturated rings. The van der Waals surface area contributed by atoms with E-state index in [2.05, 4.69) is 10.6 Å². The summed E-state index contributed by atoms with van der Waals surface area (Å²) < 4.78 is 14.0. The van der Waals surface area contributed by atoms with Gasteiger partial charge in [0.05, 0.1) is 12.5 Å². The molecule has 0 saturated carbocycles. The summed E-state index contributed by atoms with van der Waals surface area (Å²) in [7, 11) is 1.45. The fraction of sp³-hybridized carbons (Fsp3) is 0.217. The third-order valence-electron chi connectivity index (χ3n) is 5.01. The van der Waals surface area contributed by atoms with Crippen LogP contribution in [0.15, 0.2) is 60.8 Å². The number of carboxylic acid groups (broad SMARTS) is 1. The molecule has 2 atom stereocenters. The number of hydrogen-bond acceptors (Lipinski definition) is 4. The molecule has 0 saturated heterocycles. The van der Waals surface area contributed by atoms with E-state index in [0.717, 1.165) is 5.56 Å². The van der Waals surface area contributed by atoms with Crippen LogP contribution in [-0.2, 0) is 20.8 Å². The summed E-state index contributed by atoms with van der Waals surface area (Å²) in [6.45, 7) is 0. The summed E-state index contributed by atoms with van der Waals surface area (Å²) in [5, 5.41) is 14.1. The Morgan fingerprint density at radius 3 is 2.62 bits per heavy atom. The zero-order valence-electron chi connectivity index (χ0n) is 17.2. The van der Waals surface area contributed by atoms with Gasteiger partial charge in [-0.25, -0.2) is 9.18 Å². The molecule has 1 heterocycles. The summed E-state index contributed by atoms with van der Waals surface area (Å²) in [6.07, 6.45) is 2.33. The molecule has 166 valence electrons. The van der Waals surface area contributed by atoms with Crippen LogP contribution < -0.4 is 10.6 Å². The van der Waals surface area contributed by atoms with Crippen LogP contribution in [0, 0.1) is 5.82 Å². The second kappa shape index (κ2) is 9.86. The summed E-state index contributed by atoms with van der Waals surface area (Å²) in [5.74, 6) is -2.68. The molecule has 0 bridgehead atoms. The first-order chi connectivity index (χ1) is 15.2. The maximum Gasteiger partial charge on any atom is 0.316 e. The van der Waals surface area contributed by atoms with Gasteiger partial charge >= 0.3 is 12.0 Å². The highest BCUT2D eigenvalue weighted by atomic mass is 19.1. The molecule has 0 aliphatic carbocycles. The second-order valence-electron chi connectivity index (χ2n) is 7.38. The van der Waals surface area contributed by atoms with Gasteiger partial charge in [0.15, 0.2) is 11.8 Å². The minimum absolute atomic E-state index is 0.288. The van der Waals surface area contributed by atoms with Crippen molar-refractivity contribution in [3.05, 3.63) is 83.3 Å². The molecule has 2 aromatic rings. The van der Waals surface area contributed by atoms with Crippen LogP contribution in [0.3, 0.4) is 0 Å². The van der Waals surface area contributed by atoms with Crippen molar-refractivity contribution in [1.82, 2.24) is 15.5 Å². The van der Waals surface area contributed by atoms with Gasteiger partial charge in [-0.1, -0.05) is 42.5 Å². The van der Waals surface area contributed by atoms with Crippen molar-refractivity contribution in [2.75, 3.05) is 7.05 Å². The molecule has 1 unspecified atom stereocenters. The van der Waals surface area contributed by atoms with Gasteiger partial charge in [0.25, 0.3) is 5.91 Å². The number of halogens is 1. The minimum Gasteiger partial charge on any atom is -0.481 e. The van der Waals surface area contributed by atoms with E-state index in [4.69, 9.17) is 0 Å². The molecule has 3 N–H and O–H groups in total. The summed E-state index contributed by atoms with van der Waals surface area (Å²) in [6, 6.07) is 9.95. The van der Waals surface area contributed by atoms with Gasteiger partial charge in [-0.3, -0.25) is 14.4 Å². The van der Waals surface area contributed by atoms with Gasteiger partial charge in [0.1, 0.15) is 5.82 Å². The molecule has 9 heteroatoms. The van der Waals surface area contributed by atoms with Crippen LogP contribution in [0.4, 0.5) is 9.18 Å². The number of carbonyl (C=O) groups excluding carboxylic acids is 3. The number of hydrogen-bond donors (Lipinski definition) is 3. The lowest BCUT2D eigenvalue weighted by Crippen LogP contribution is -2.55. The normalized spacial score (nSPS) is 16.6. The molecule has 8 nitrogen and oxygen atoms in total. The third kappa shape index (κ3) is 5.57. The maximum atomic E-state index is 14.0. The summed E-state index contributed by atoms with van der Waals surface area (Å²) in [4.78, 5) is 49.1. The van der Waals surface area contributed by atoms with Crippen molar-refractivity contribution in [1.29, 1.82) is 0 Å². The van der Waals surface area contributed by atoms with E-state index in [1.165, 1.54) is 30.3 Å². The summed E-state index contributed by atoms with van der Waals surface area (Å²) in [5.41, 5.74) is 1.71. The van der Waals surface area contributed by atoms with Crippen molar-refractivity contribution in [3.8, 4) is 0 Å². The number of rotatable bonds is 7. The number of carboxylic acids is 1. The van der Waals surface area contributed by atoms with Crippen molar-refractivity contribution in [2.45, 2.75) is 24.9 Å². The lowest BCUT2D eigenvalue weighted by atomic mass is 9.98. The number of amides is 3. The van der Waals surface area contributed by atoms with Crippen LogP contribution >= 0.6 is 0 Å². The van der Waals surface area contributed by atoms with Gasteiger partial charge in [0, 0.05) is 25.7 Å². The minimum atomic E-state index is -1.39. The molecular weight excluding hydrogens is 417 g/mol. The Hall–Kier alpha value is -4.01. The van der Waals surface area contributed by atoms with Crippen LogP contribution in [-0.4, -0.2) is 46.8 Å². The van der Waals surface area contributed by atoms with E-state index in [-0.39, 0.29) is 12.2 Å². The Morgan fingerprint density at radius 2 is 1.91 bits per heavy atom. The highest BCUT2D eigenvalue weighted by Crippen LogP contribution is 2.21. The molecule has 0 aromatic heterocycles. The Bertz CT molecular complexity index is 1080. The number of likely N-dealkylation sites (N-methyl/N-ethyl adjacent to an activating group) is 1. The lowest BCUT2D eigenvalue weighted by Gasteiger charge is -2.25. The highest BCUT2D eigenvalue weighted by Gasteiger charge is 2.32. The molecule has 0 spiro atoms. The Morgan fingerprint density at radius 1 is 1.16 bits per heavy atom.